The number of hydrogen-bond donors (Lipinski definition) is 0. The second-order valence-electron chi connectivity index (χ2n) is 5.96. The molecule has 1 aliphatic rings. The van der Waals surface area contributed by atoms with Crippen LogP contribution in [0.1, 0.15) is 0 Å². The zero-order valence-corrected chi connectivity index (χ0v) is 12.4. The van der Waals surface area contributed by atoms with Gasteiger partial charge in [-0.05, 0) is 23.9 Å². The van der Waals surface area contributed by atoms with E-state index in [0.717, 1.165) is 26.2 Å². The van der Waals surface area contributed by atoms with Gasteiger partial charge in [-0.2, -0.15) is 0 Å². The maximum absolute atomic E-state index is 2.56. The number of hydrogen-bond acceptors (Lipinski definition) is 2. The second-order valence-corrected chi connectivity index (χ2v) is 5.96. The molecule has 4 rings (SSSR count). The summed E-state index contributed by atoms with van der Waals surface area (Å²) in [7, 11) is 2.21. The molecule has 2 nitrogen and oxygen atoms in total. The first-order chi connectivity index (χ1) is 10.3. The van der Waals surface area contributed by atoms with Gasteiger partial charge < -0.3 is 9.80 Å². The number of anilines is 1. The fourth-order valence-electron chi connectivity index (χ4n) is 3.36. The summed E-state index contributed by atoms with van der Waals surface area (Å²) in [6.45, 7) is 4.48. The summed E-state index contributed by atoms with van der Waals surface area (Å²) in [5.74, 6) is 0. The van der Waals surface area contributed by atoms with E-state index in [0.29, 0.717) is 0 Å². The van der Waals surface area contributed by atoms with Crippen LogP contribution in [0, 0.1) is 0 Å². The van der Waals surface area contributed by atoms with E-state index >= 15 is 0 Å². The highest BCUT2D eigenvalue weighted by Crippen LogP contribution is 2.35. The molecular formula is C19H20N2. The van der Waals surface area contributed by atoms with Gasteiger partial charge in [-0.1, -0.05) is 48.5 Å². The first-order valence-corrected chi connectivity index (χ1v) is 7.67. The quantitative estimate of drug-likeness (QED) is 0.625. The summed E-state index contributed by atoms with van der Waals surface area (Å²) in [6.07, 6.45) is 0. The van der Waals surface area contributed by atoms with Crippen LogP contribution in [-0.4, -0.2) is 38.1 Å². The van der Waals surface area contributed by atoms with Gasteiger partial charge in [-0.25, -0.2) is 0 Å². The van der Waals surface area contributed by atoms with Crippen LogP contribution in [0.5, 0.6) is 0 Å². The minimum atomic E-state index is 1.11. The van der Waals surface area contributed by atoms with Crippen molar-refractivity contribution in [2.45, 2.75) is 0 Å². The zero-order chi connectivity index (χ0) is 14.2. The molecule has 0 atom stereocenters. The Bertz CT molecular complexity index is 732. The van der Waals surface area contributed by atoms with Crippen molar-refractivity contribution >= 4 is 27.2 Å². The van der Waals surface area contributed by atoms with Crippen molar-refractivity contribution < 1.29 is 0 Å². The number of nitrogens with zero attached hydrogens (tertiary/aromatic N) is 2. The molecule has 0 bridgehead atoms. The Balaban J connectivity index is 1.98. The number of rotatable bonds is 1. The summed E-state index contributed by atoms with van der Waals surface area (Å²) in [4.78, 5) is 4.97. The first kappa shape index (κ1) is 12.7. The Morgan fingerprint density at radius 2 is 1.24 bits per heavy atom. The average Bonchev–Trinajstić information content (AvgIpc) is 2.53. The van der Waals surface area contributed by atoms with E-state index in [1.807, 2.05) is 0 Å². The molecule has 1 aliphatic heterocycles. The zero-order valence-electron chi connectivity index (χ0n) is 12.4. The lowest BCUT2D eigenvalue weighted by atomic mass is 9.99. The third-order valence-electron chi connectivity index (χ3n) is 4.56. The standard InChI is InChI=1S/C19H20N2/c1-20-10-12-21(13-11-20)19-17-8-4-2-6-15(17)14-16-7-3-5-9-18(16)19/h2-9,14H,10-13H2,1H3. The van der Waals surface area contributed by atoms with Crippen LogP contribution in [0.25, 0.3) is 21.5 Å². The molecule has 106 valence electrons. The maximum Gasteiger partial charge on any atom is 0.0526 e. The molecule has 0 amide bonds. The molecular weight excluding hydrogens is 256 g/mol. The minimum absolute atomic E-state index is 1.11. The molecule has 0 unspecified atom stereocenters. The molecule has 3 aromatic rings. The lowest BCUT2D eigenvalue weighted by molar-refractivity contribution is 0.313. The molecule has 2 heteroatoms. The molecule has 1 fully saturated rings. The predicted octanol–water partition coefficient (Wildman–Crippen LogP) is 3.74. The molecule has 21 heavy (non-hydrogen) atoms. The molecule has 0 N–H and O–H groups in total. The van der Waals surface area contributed by atoms with Gasteiger partial charge in [0, 0.05) is 37.0 Å². The lowest BCUT2D eigenvalue weighted by Crippen LogP contribution is -2.44. The smallest absolute Gasteiger partial charge is 0.0526 e. The number of fused-ring (bicyclic) bond motifs is 2. The highest BCUT2D eigenvalue weighted by atomic mass is 15.2. The normalized spacial score (nSPS) is 16.7. The van der Waals surface area contributed by atoms with Gasteiger partial charge in [0.05, 0.1) is 5.69 Å². The predicted molar refractivity (Wildman–Crippen MR) is 91.2 cm³/mol. The van der Waals surface area contributed by atoms with Crippen molar-refractivity contribution in [2.75, 3.05) is 38.1 Å². The largest absolute Gasteiger partial charge is 0.368 e. The van der Waals surface area contributed by atoms with E-state index in [-0.39, 0.29) is 0 Å². The van der Waals surface area contributed by atoms with Crippen molar-refractivity contribution in [2.24, 2.45) is 0 Å². The topological polar surface area (TPSA) is 6.48 Å². The van der Waals surface area contributed by atoms with Crippen molar-refractivity contribution in [3.63, 3.8) is 0 Å². The first-order valence-electron chi connectivity index (χ1n) is 7.67. The van der Waals surface area contributed by atoms with Gasteiger partial charge in [-0.3, -0.25) is 0 Å². The SMILES string of the molecule is CN1CCN(c2c3ccccc3cc3ccccc23)CC1. The fraction of sp³-hybridized carbons (Fsp3) is 0.263. The number of piperazine rings is 1. The van der Waals surface area contributed by atoms with E-state index in [1.54, 1.807) is 0 Å². The van der Waals surface area contributed by atoms with E-state index < -0.39 is 0 Å². The van der Waals surface area contributed by atoms with Crippen LogP contribution in [0.4, 0.5) is 5.69 Å². The van der Waals surface area contributed by atoms with Gasteiger partial charge in [-0.15, -0.1) is 0 Å². The number of likely N-dealkylation sites (N-methyl/N-ethyl adjacent to an activating group) is 1. The van der Waals surface area contributed by atoms with Crippen molar-refractivity contribution in [1.29, 1.82) is 0 Å². The van der Waals surface area contributed by atoms with Crippen LogP contribution in [0.3, 0.4) is 0 Å². The fourth-order valence-corrected chi connectivity index (χ4v) is 3.36. The van der Waals surface area contributed by atoms with E-state index in [4.69, 9.17) is 0 Å². The highest BCUT2D eigenvalue weighted by molar-refractivity contribution is 6.11. The van der Waals surface area contributed by atoms with Crippen LogP contribution >= 0.6 is 0 Å². The summed E-state index contributed by atoms with van der Waals surface area (Å²) < 4.78 is 0. The molecule has 1 heterocycles. The van der Waals surface area contributed by atoms with Crippen molar-refractivity contribution in [1.82, 2.24) is 4.90 Å². The molecule has 0 aromatic heterocycles. The Kier molecular flexibility index (Phi) is 3.04. The monoisotopic (exact) mass is 276 g/mol. The molecule has 0 radical (unpaired) electrons. The molecule has 1 saturated heterocycles. The van der Waals surface area contributed by atoms with Crippen LogP contribution in [-0.2, 0) is 0 Å². The maximum atomic E-state index is 2.56. The summed E-state index contributed by atoms with van der Waals surface area (Å²) in [5.41, 5.74) is 1.41. The molecule has 3 aromatic carbocycles. The van der Waals surface area contributed by atoms with Crippen LogP contribution in [0.15, 0.2) is 54.6 Å². The Morgan fingerprint density at radius 3 is 1.81 bits per heavy atom. The van der Waals surface area contributed by atoms with Gasteiger partial charge in [0.1, 0.15) is 0 Å². The number of benzene rings is 3. The Labute approximate surface area is 125 Å². The van der Waals surface area contributed by atoms with Gasteiger partial charge >= 0.3 is 0 Å². The third-order valence-corrected chi connectivity index (χ3v) is 4.56. The highest BCUT2D eigenvalue weighted by Gasteiger charge is 2.18. The average molecular weight is 276 g/mol. The summed E-state index contributed by atoms with van der Waals surface area (Å²) in [5, 5.41) is 5.43. The van der Waals surface area contributed by atoms with E-state index in [9.17, 15) is 0 Å². The minimum Gasteiger partial charge on any atom is -0.368 e. The third kappa shape index (κ3) is 2.16. The molecule has 0 saturated carbocycles. The van der Waals surface area contributed by atoms with Gasteiger partial charge in [0.25, 0.3) is 0 Å². The van der Waals surface area contributed by atoms with Crippen LogP contribution < -0.4 is 4.90 Å². The van der Waals surface area contributed by atoms with E-state index in [1.165, 1.54) is 27.2 Å². The van der Waals surface area contributed by atoms with Crippen molar-refractivity contribution in [3.8, 4) is 0 Å². The van der Waals surface area contributed by atoms with Crippen LogP contribution in [0.2, 0.25) is 0 Å². The summed E-state index contributed by atoms with van der Waals surface area (Å²) in [6, 6.07) is 19.8. The summed E-state index contributed by atoms with van der Waals surface area (Å²) >= 11 is 0. The van der Waals surface area contributed by atoms with E-state index in [2.05, 4.69) is 71.4 Å². The lowest BCUT2D eigenvalue weighted by Gasteiger charge is -2.35. The Morgan fingerprint density at radius 1 is 0.714 bits per heavy atom. The van der Waals surface area contributed by atoms with Gasteiger partial charge in [0.2, 0.25) is 0 Å². The van der Waals surface area contributed by atoms with Gasteiger partial charge in [0.15, 0.2) is 0 Å². The second kappa shape index (κ2) is 5.05. The molecule has 0 aliphatic carbocycles. The Hall–Kier alpha value is -2.06. The molecule has 0 spiro atoms. The van der Waals surface area contributed by atoms with Crippen molar-refractivity contribution in [3.05, 3.63) is 54.6 Å².